The summed E-state index contributed by atoms with van der Waals surface area (Å²) in [5.74, 6) is 1.43. The van der Waals surface area contributed by atoms with Crippen LogP contribution in [0.5, 0.6) is 5.75 Å². The maximum Gasteiger partial charge on any atom is 0.264 e. The van der Waals surface area contributed by atoms with E-state index in [1.165, 1.54) is 63.4 Å². The van der Waals surface area contributed by atoms with Crippen LogP contribution < -0.4 is 4.74 Å². The molecule has 1 atom stereocenters. The van der Waals surface area contributed by atoms with Crippen LogP contribution in [0.1, 0.15) is 90.0 Å². The Bertz CT molecular complexity index is 899. The molecule has 2 rings (SSSR count). The smallest absolute Gasteiger partial charge is 0.264 e. The summed E-state index contributed by atoms with van der Waals surface area (Å²) in [5, 5.41) is 0. The topological polar surface area (TPSA) is 78.4 Å². The van der Waals surface area contributed by atoms with Crippen LogP contribution in [0.15, 0.2) is 36.7 Å². The molecular formula is C27H42N2O4S. The van der Waals surface area contributed by atoms with Gasteiger partial charge in [-0.25, -0.2) is 9.97 Å². The highest BCUT2D eigenvalue weighted by Gasteiger charge is 2.13. The van der Waals surface area contributed by atoms with Crippen LogP contribution in [0.2, 0.25) is 0 Å². The fraction of sp³-hybridized carbons (Fsp3) is 0.630. The number of ether oxygens (including phenoxy) is 1. The second-order valence-electron chi connectivity index (χ2n) is 8.99. The van der Waals surface area contributed by atoms with Crippen molar-refractivity contribution in [3.63, 3.8) is 0 Å². The molecule has 2 aromatic rings. The molecule has 0 aliphatic rings. The van der Waals surface area contributed by atoms with Gasteiger partial charge in [0.1, 0.15) is 5.75 Å². The first-order valence-corrected chi connectivity index (χ1v) is 14.6. The molecule has 190 valence electrons. The first-order valence-electron chi connectivity index (χ1n) is 12.8. The molecule has 0 amide bonds. The number of benzene rings is 1. The Morgan fingerprint density at radius 2 is 1.44 bits per heavy atom. The maximum atomic E-state index is 11.3. The van der Waals surface area contributed by atoms with Gasteiger partial charge in [-0.2, -0.15) is 8.42 Å². The fourth-order valence-electron chi connectivity index (χ4n) is 3.85. The minimum Gasteiger partial charge on any atom is -0.493 e. The summed E-state index contributed by atoms with van der Waals surface area (Å²) in [4.78, 5) is 9.08. The van der Waals surface area contributed by atoms with E-state index in [2.05, 4.69) is 16.9 Å². The average Bonchev–Trinajstić information content (AvgIpc) is 2.82. The molecule has 1 aromatic heterocycles. The van der Waals surface area contributed by atoms with Gasteiger partial charge in [-0.05, 0) is 49.1 Å². The Labute approximate surface area is 206 Å². The van der Waals surface area contributed by atoms with E-state index in [1.807, 2.05) is 43.6 Å². The minimum absolute atomic E-state index is 0.364. The Balaban J connectivity index is 1.69. The molecule has 1 aromatic carbocycles. The molecule has 0 aliphatic heterocycles. The van der Waals surface area contributed by atoms with Crippen molar-refractivity contribution in [2.24, 2.45) is 0 Å². The molecule has 0 saturated carbocycles. The second kappa shape index (κ2) is 15.8. The fourth-order valence-corrected chi connectivity index (χ4v) is 4.58. The zero-order valence-corrected chi connectivity index (χ0v) is 22.0. The summed E-state index contributed by atoms with van der Waals surface area (Å²) in [6.45, 7) is 4.54. The molecule has 0 bridgehead atoms. The van der Waals surface area contributed by atoms with Crippen molar-refractivity contribution in [3.8, 4) is 17.1 Å². The van der Waals surface area contributed by atoms with Gasteiger partial charge in [0.25, 0.3) is 10.1 Å². The van der Waals surface area contributed by atoms with Crippen LogP contribution in [0.4, 0.5) is 0 Å². The van der Waals surface area contributed by atoms with Crippen LogP contribution in [0.3, 0.4) is 0 Å². The van der Waals surface area contributed by atoms with Gasteiger partial charge in [-0.3, -0.25) is 4.18 Å². The number of aryl methyl sites for hydroxylation is 1. The maximum absolute atomic E-state index is 11.3. The lowest BCUT2D eigenvalue weighted by atomic mass is 10.1. The first kappa shape index (κ1) is 28.2. The van der Waals surface area contributed by atoms with Crippen molar-refractivity contribution < 1.29 is 17.3 Å². The molecule has 0 radical (unpaired) electrons. The van der Waals surface area contributed by atoms with E-state index in [1.54, 1.807) is 0 Å². The van der Waals surface area contributed by atoms with E-state index < -0.39 is 10.1 Å². The summed E-state index contributed by atoms with van der Waals surface area (Å²) in [6, 6.07) is 7.64. The summed E-state index contributed by atoms with van der Waals surface area (Å²) in [5.41, 5.74) is 2.13. The lowest BCUT2D eigenvalue weighted by Gasteiger charge is -2.14. The van der Waals surface area contributed by atoms with E-state index in [9.17, 15) is 8.42 Å². The molecule has 0 fully saturated rings. The van der Waals surface area contributed by atoms with Crippen LogP contribution >= 0.6 is 0 Å². The van der Waals surface area contributed by atoms with Gasteiger partial charge in [0, 0.05) is 24.4 Å². The van der Waals surface area contributed by atoms with E-state index in [-0.39, 0.29) is 6.10 Å². The third kappa shape index (κ3) is 11.9. The average molecular weight is 491 g/mol. The number of nitrogens with zero attached hydrogens (tertiary/aromatic N) is 2. The van der Waals surface area contributed by atoms with E-state index in [4.69, 9.17) is 8.92 Å². The normalized spacial score (nSPS) is 12.6. The van der Waals surface area contributed by atoms with Gasteiger partial charge in [0.05, 0.1) is 19.0 Å². The molecule has 0 unspecified atom stereocenters. The molecule has 34 heavy (non-hydrogen) atoms. The largest absolute Gasteiger partial charge is 0.493 e. The molecule has 0 aliphatic carbocycles. The number of hydrogen-bond donors (Lipinski definition) is 0. The summed E-state index contributed by atoms with van der Waals surface area (Å²) >= 11 is 0. The molecule has 0 spiro atoms. The Morgan fingerprint density at radius 1 is 0.853 bits per heavy atom. The van der Waals surface area contributed by atoms with Crippen LogP contribution in [0.25, 0.3) is 11.4 Å². The van der Waals surface area contributed by atoms with Gasteiger partial charge in [0.2, 0.25) is 0 Å². The van der Waals surface area contributed by atoms with Crippen molar-refractivity contribution in [1.29, 1.82) is 0 Å². The number of unbranched alkanes of at least 4 members (excludes halogenated alkanes) is 8. The third-order valence-corrected chi connectivity index (χ3v) is 6.48. The molecule has 0 N–H and O–H groups in total. The number of hydrogen-bond acceptors (Lipinski definition) is 6. The minimum atomic E-state index is -3.45. The van der Waals surface area contributed by atoms with Gasteiger partial charge >= 0.3 is 0 Å². The third-order valence-electron chi connectivity index (χ3n) is 5.86. The zero-order chi connectivity index (χ0) is 24.7. The van der Waals surface area contributed by atoms with Gasteiger partial charge in [-0.15, -0.1) is 0 Å². The highest BCUT2D eigenvalue weighted by Crippen LogP contribution is 2.20. The quantitative estimate of drug-likeness (QED) is 0.170. The lowest BCUT2D eigenvalue weighted by molar-refractivity contribution is 0.165. The highest BCUT2D eigenvalue weighted by atomic mass is 32.2. The van der Waals surface area contributed by atoms with E-state index >= 15 is 0 Å². The van der Waals surface area contributed by atoms with Crippen molar-refractivity contribution >= 4 is 10.1 Å². The zero-order valence-electron chi connectivity index (χ0n) is 21.2. The second-order valence-corrected chi connectivity index (χ2v) is 10.6. The van der Waals surface area contributed by atoms with Gasteiger partial charge < -0.3 is 4.74 Å². The summed E-state index contributed by atoms with van der Waals surface area (Å²) < 4.78 is 33.3. The standard InChI is InChI=1S/C27H42N2O4S/c1-4-6-7-8-9-10-11-12-13-14-23-21-28-27(29-22-23)24-15-17-26(18-16-24)32-20-19-25(5-2)33-34(3,30)31/h15-18,21-22,25H,4-14,19-20H2,1-3H3/t25-/m0/s1. The van der Waals surface area contributed by atoms with Crippen LogP contribution in [-0.2, 0) is 20.7 Å². The van der Waals surface area contributed by atoms with Crippen LogP contribution in [-0.4, -0.2) is 37.4 Å². The number of rotatable bonds is 18. The Hall–Kier alpha value is -1.99. The predicted molar refractivity (Wildman–Crippen MR) is 139 cm³/mol. The molecule has 6 nitrogen and oxygen atoms in total. The number of aromatic nitrogens is 2. The Kier molecular flexibility index (Phi) is 13.1. The first-order chi connectivity index (χ1) is 16.4. The van der Waals surface area contributed by atoms with Gasteiger partial charge in [-0.1, -0.05) is 65.2 Å². The highest BCUT2D eigenvalue weighted by molar-refractivity contribution is 7.86. The summed E-state index contributed by atoms with van der Waals surface area (Å²) in [6.07, 6.45) is 18.7. The molecule has 1 heterocycles. The monoisotopic (exact) mass is 490 g/mol. The van der Waals surface area contributed by atoms with Crippen molar-refractivity contribution in [1.82, 2.24) is 9.97 Å². The molecular weight excluding hydrogens is 448 g/mol. The van der Waals surface area contributed by atoms with Crippen molar-refractivity contribution in [3.05, 3.63) is 42.2 Å². The van der Waals surface area contributed by atoms with Crippen molar-refractivity contribution in [2.45, 2.75) is 97.0 Å². The van der Waals surface area contributed by atoms with E-state index in [0.717, 1.165) is 24.0 Å². The van der Waals surface area contributed by atoms with Gasteiger partial charge in [0.15, 0.2) is 5.82 Å². The van der Waals surface area contributed by atoms with Crippen molar-refractivity contribution in [2.75, 3.05) is 12.9 Å². The SMILES string of the molecule is CCCCCCCCCCCc1cnc(-c2ccc(OCC[C@H](CC)OS(C)(=O)=O)cc2)nc1. The summed E-state index contributed by atoms with van der Waals surface area (Å²) in [7, 11) is -3.45. The molecule has 0 saturated heterocycles. The molecule has 7 heteroatoms. The van der Waals surface area contributed by atoms with E-state index in [0.29, 0.717) is 25.3 Å². The van der Waals surface area contributed by atoms with Crippen LogP contribution in [0, 0.1) is 0 Å². The lowest BCUT2D eigenvalue weighted by Crippen LogP contribution is -2.19. The Morgan fingerprint density at radius 3 is 2.00 bits per heavy atom. The predicted octanol–water partition coefficient (Wildman–Crippen LogP) is 6.74.